The molecule has 0 bridgehead atoms. The Morgan fingerprint density at radius 3 is 2.16 bits per heavy atom. The van der Waals surface area contributed by atoms with Crippen molar-refractivity contribution in [1.82, 2.24) is 4.57 Å². The van der Waals surface area contributed by atoms with Crippen LogP contribution in [0.15, 0.2) is 164 Å². The van der Waals surface area contributed by atoms with E-state index < -0.39 is 0 Å². The van der Waals surface area contributed by atoms with Gasteiger partial charge in [0.05, 0.1) is 11.2 Å². The van der Waals surface area contributed by atoms with E-state index in [2.05, 4.69) is 179 Å². The molecule has 2 nitrogen and oxygen atoms in total. The van der Waals surface area contributed by atoms with Crippen LogP contribution in [0.5, 0.6) is 0 Å². The molecule has 2 heterocycles. The minimum Gasteiger partial charge on any atom is -0.310 e. The van der Waals surface area contributed by atoms with Gasteiger partial charge in [0.25, 0.3) is 0 Å². The van der Waals surface area contributed by atoms with Crippen LogP contribution >= 0.6 is 11.3 Å². The van der Waals surface area contributed by atoms with Crippen LogP contribution in [0.25, 0.3) is 64.7 Å². The standard InChI is InChI=1S/C46H32N2S/c1-3-13-31(14-4-1)36-17-7-10-20-42(36)47(35-25-28-45-41(30-35)39-19-9-12-22-44(39)49-45)34-24-27-37-32(29-34)23-26-40-38-18-8-11-21-43(38)48(46(37)40)33-15-5-2-6-16-33/h1-7,9-17,19-30H,8,18H2. The lowest BCUT2D eigenvalue weighted by atomic mass is 9.98. The molecule has 1 aliphatic carbocycles. The molecule has 0 unspecified atom stereocenters. The number of thiophene rings is 1. The number of hydrogen-bond donors (Lipinski definition) is 0. The molecule has 232 valence electrons. The Morgan fingerprint density at radius 2 is 1.27 bits per heavy atom. The number of anilines is 3. The first-order chi connectivity index (χ1) is 24.3. The first kappa shape index (κ1) is 28.1. The molecule has 1 aliphatic rings. The van der Waals surface area contributed by atoms with E-state index in [9.17, 15) is 0 Å². The summed E-state index contributed by atoms with van der Waals surface area (Å²) in [5.74, 6) is 0. The van der Waals surface area contributed by atoms with E-state index in [1.165, 1.54) is 69.9 Å². The Hall–Kier alpha value is -5.90. The second kappa shape index (κ2) is 11.4. The van der Waals surface area contributed by atoms with Crippen LogP contribution < -0.4 is 4.90 Å². The number of rotatable bonds is 5. The van der Waals surface area contributed by atoms with Crippen molar-refractivity contribution in [3.8, 4) is 16.8 Å². The summed E-state index contributed by atoms with van der Waals surface area (Å²) in [6, 6.07) is 57.8. The fourth-order valence-electron chi connectivity index (χ4n) is 7.83. The van der Waals surface area contributed by atoms with Crippen molar-refractivity contribution in [3.05, 3.63) is 175 Å². The van der Waals surface area contributed by atoms with Crippen LogP contribution in [0.1, 0.15) is 17.7 Å². The SMILES string of the molecule is C1=Cc2c(c3ccc4cc(N(c5ccc6sc7ccccc7c6c5)c5ccccc5-c5ccccc5)ccc4c3n2-c2ccccc2)CC1. The van der Waals surface area contributed by atoms with Crippen molar-refractivity contribution in [2.24, 2.45) is 0 Å². The van der Waals surface area contributed by atoms with Crippen molar-refractivity contribution < 1.29 is 0 Å². The largest absolute Gasteiger partial charge is 0.310 e. The summed E-state index contributed by atoms with van der Waals surface area (Å²) in [6.07, 6.45) is 6.78. The Labute approximate surface area is 289 Å². The second-order valence-electron chi connectivity index (χ2n) is 12.8. The summed E-state index contributed by atoms with van der Waals surface area (Å²) < 4.78 is 5.10. The molecule has 3 heteroatoms. The highest BCUT2D eigenvalue weighted by molar-refractivity contribution is 7.25. The van der Waals surface area contributed by atoms with Gasteiger partial charge in [-0.3, -0.25) is 0 Å². The first-order valence-corrected chi connectivity index (χ1v) is 17.8. The summed E-state index contributed by atoms with van der Waals surface area (Å²) in [5.41, 5.74) is 11.1. The highest BCUT2D eigenvalue weighted by Crippen LogP contribution is 2.45. The highest BCUT2D eigenvalue weighted by atomic mass is 32.1. The van der Waals surface area contributed by atoms with Gasteiger partial charge in [0.1, 0.15) is 0 Å². The summed E-state index contributed by atoms with van der Waals surface area (Å²) in [7, 11) is 0. The fraction of sp³-hybridized carbons (Fsp3) is 0.0435. The summed E-state index contributed by atoms with van der Waals surface area (Å²) in [6.45, 7) is 0. The second-order valence-corrected chi connectivity index (χ2v) is 13.9. The van der Waals surface area contributed by atoms with Crippen molar-refractivity contribution in [3.63, 3.8) is 0 Å². The number of allylic oxidation sites excluding steroid dienone is 1. The molecule has 0 spiro atoms. The van der Waals surface area contributed by atoms with Gasteiger partial charge in [-0.25, -0.2) is 0 Å². The summed E-state index contributed by atoms with van der Waals surface area (Å²) in [5, 5.41) is 6.45. The minimum absolute atomic E-state index is 1.07. The van der Waals surface area contributed by atoms with E-state index >= 15 is 0 Å². The molecule has 10 rings (SSSR count). The zero-order chi connectivity index (χ0) is 32.3. The molecule has 0 saturated heterocycles. The quantitative estimate of drug-likeness (QED) is 0.181. The van der Waals surface area contributed by atoms with Crippen molar-refractivity contribution in [1.29, 1.82) is 0 Å². The van der Waals surface area contributed by atoms with E-state index in [0.717, 1.165) is 29.9 Å². The lowest BCUT2D eigenvalue weighted by molar-refractivity contribution is 0.968. The van der Waals surface area contributed by atoms with Gasteiger partial charge in [0.15, 0.2) is 0 Å². The van der Waals surface area contributed by atoms with Gasteiger partial charge in [-0.1, -0.05) is 109 Å². The normalized spacial score (nSPS) is 12.7. The topological polar surface area (TPSA) is 8.17 Å². The van der Waals surface area contributed by atoms with Gasteiger partial charge in [-0.05, 0) is 90.0 Å². The van der Waals surface area contributed by atoms with E-state index in [1.54, 1.807) is 0 Å². The predicted octanol–water partition coefficient (Wildman–Crippen LogP) is 13.2. The molecule has 0 aliphatic heterocycles. The van der Waals surface area contributed by atoms with Crippen LogP contribution in [0.3, 0.4) is 0 Å². The van der Waals surface area contributed by atoms with Crippen LogP contribution in [0.2, 0.25) is 0 Å². The zero-order valence-corrected chi connectivity index (χ0v) is 27.7. The van der Waals surface area contributed by atoms with Gasteiger partial charge in [0, 0.05) is 59.3 Å². The molecular weight excluding hydrogens is 613 g/mol. The predicted molar refractivity (Wildman–Crippen MR) is 211 cm³/mol. The third kappa shape index (κ3) is 4.54. The average Bonchev–Trinajstić information content (AvgIpc) is 3.72. The van der Waals surface area contributed by atoms with E-state index in [0.29, 0.717) is 0 Å². The van der Waals surface area contributed by atoms with Crippen molar-refractivity contribution in [2.45, 2.75) is 12.8 Å². The van der Waals surface area contributed by atoms with Crippen LogP contribution in [0, 0.1) is 0 Å². The number of nitrogens with zero attached hydrogens (tertiary/aromatic N) is 2. The van der Waals surface area contributed by atoms with Crippen molar-refractivity contribution in [2.75, 3.05) is 4.90 Å². The maximum atomic E-state index is 2.47. The third-order valence-electron chi connectivity index (χ3n) is 10.0. The molecule has 0 radical (unpaired) electrons. The number of aryl methyl sites for hydroxylation is 1. The Bertz CT molecular complexity index is 2710. The first-order valence-electron chi connectivity index (χ1n) is 17.0. The van der Waals surface area contributed by atoms with E-state index in [-0.39, 0.29) is 0 Å². The lowest BCUT2D eigenvalue weighted by Crippen LogP contribution is -2.11. The molecule has 9 aromatic rings. The molecule has 0 atom stereocenters. The Morgan fingerprint density at radius 1 is 0.551 bits per heavy atom. The van der Waals surface area contributed by atoms with E-state index in [4.69, 9.17) is 0 Å². The van der Waals surface area contributed by atoms with Gasteiger partial charge < -0.3 is 9.47 Å². The van der Waals surface area contributed by atoms with Gasteiger partial charge in [-0.2, -0.15) is 0 Å². The average molecular weight is 645 g/mol. The maximum Gasteiger partial charge on any atom is 0.0616 e. The zero-order valence-electron chi connectivity index (χ0n) is 26.9. The number of para-hydroxylation sites is 2. The number of aromatic nitrogens is 1. The maximum absolute atomic E-state index is 2.47. The van der Waals surface area contributed by atoms with Gasteiger partial charge >= 0.3 is 0 Å². The number of benzene rings is 7. The molecule has 7 aromatic carbocycles. The third-order valence-corrected chi connectivity index (χ3v) is 11.2. The van der Waals surface area contributed by atoms with Gasteiger partial charge in [0.2, 0.25) is 0 Å². The minimum atomic E-state index is 1.07. The highest BCUT2D eigenvalue weighted by Gasteiger charge is 2.22. The molecule has 2 aromatic heterocycles. The smallest absolute Gasteiger partial charge is 0.0616 e. The molecular formula is C46H32N2S. The fourth-order valence-corrected chi connectivity index (χ4v) is 8.92. The lowest BCUT2D eigenvalue weighted by Gasteiger charge is -2.28. The van der Waals surface area contributed by atoms with Crippen LogP contribution in [0.4, 0.5) is 17.1 Å². The number of hydrogen-bond acceptors (Lipinski definition) is 2. The number of fused-ring (bicyclic) bond motifs is 8. The molecule has 0 N–H and O–H groups in total. The summed E-state index contributed by atoms with van der Waals surface area (Å²) in [4.78, 5) is 2.45. The van der Waals surface area contributed by atoms with E-state index in [1.807, 2.05) is 11.3 Å². The van der Waals surface area contributed by atoms with Crippen LogP contribution in [-0.4, -0.2) is 4.57 Å². The monoisotopic (exact) mass is 644 g/mol. The Kier molecular flexibility index (Phi) is 6.53. The Balaban J connectivity index is 1.23. The van der Waals surface area contributed by atoms with Crippen molar-refractivity contribution >= 4 is 76.3 Å². The summed E-state index contributed by atoms with van der Waals surface area (Å²) >= 11 is 1.86. The van der Waals surface area contributed by atoms with Gasteiger partial charge in [-0.15, -0.1) is 11.3 Å². The molecule has 0 saturated carbocycles. The molecule has 0 amide bonds. The van der Waals surface area contributed by atoms with Crippen LogP contribution in [-0.2, 0) is 6.42 Å². The molecule has 0 fully saturated rings. The molecule has 49 heavy (non-hydrogen) atoms.